The van der Waals surface area contributed by atoms with Crippen LogP contribution in [-0.4, -0.2) is 17.6 Å². The highest BCUT2D eigenvalue weighted by Crippen LogP contribution is 2.37. The summed E-state index contributed by atoms with van der Waals surface area (Å²) in [6, 6.07) is 4.01. The number of nitrogens with two attached hydrogens (primary N) is 1. The molecule has 1 saturated carbocycles. The standard InChI is InChI=1S/C17H28N2O/c1-12(2)15-7-6-13(3)9-16(15)20-17(10-18)14-5-4-8-19-11-14/h4-5,8,11-13,15-17H,6-7,9-10,18H2,1-3H3. The van der Waals surface area contributed by atoms with Crippen LogP contribution < -0.4 is 5.73 Å². The summed E-state index contributed by atoms with van der Waals surface area (Å²) in [6.45, 7) is 7.45. The number of ether oxygens (including phenoxy) is 1. The molecule has 4 atom stereocenters. The lowest BCUT2D eigenvalue weighted by Gasteiger charge is -2.39. The van der Waals surface area contributed by atoms with Gasteiger partial charge in [-0.3, -0.25) is 4.98 Å². The van der Waals surface area contributed by atoms with Crippen molar-refractivity contribution in [3.05, 3.63) is 30.1 Å². The first-order chi connectivity index (χ1) is 9.61. The Morgan fingerprint density at radius 3 is 2.80 bits per heavy atom. The molecule has 0 radical (unpaired) electrons. The predicted octanol–water partition coefficient (Wildman–Crippen LogP) is 3.56. The minimum atomic E-state index is -0.0275. The summed E-state index contributed by atoms with van der Waals surface area (Å²) in [6.07, 6.45) is 7.70. The highest BCUT2D eigenvalue weighted by Gasteiger charge is 2.33. The number of pyridine rings is 1. The molecule has 1 aliphatic carbocycles. The van der Waals surface area contributed by atoms with Gasteiger partial charge in [0.25, 0.3) is 0 Å². The topological polar surface area (TPSA) is 48.1 Å². The van der Waals surface area contributed by atoms with E-state index in [1.165, 1.54) is 12.8 Å². The molecule has 3 nitrogen and oxygen atoms in total. The highest BCUT2D eigenvalue weighted by atomic mass is 16.5. The third-order valence-electron chi connectivity index (χ3n) is 4.57. The van der Waals surface area contributed by atoms with Gasteiger partial charge in [0, 0.05) is 24.5 Å². The van der Waals surface area contributed by atoms with Gasteiger partial charge in [0.05, 0.1) is 12.2 Å². The zero-order valence-corrected chi connectivity index (χ0v) is 13.0. The van der Waals surface area contributed by atoms with Crippen molar-refractivity contribution in [3.8, 4) is 0 Å². The summed E-state index contributed by atoms with van der Waals surface area (Å²) in [7, 11) is 0. The van der Waals surface area contributed by atoms with Crippen molar-refractivity contribution in [2.24, 2.45) is 23.5 Å². The molecule has 0 amide bonds. The molecule has 112 valence electrons. The van der Waals surface area contributed by atoms with E-state index < -0.39 is 0 Å². The van der Waals surface area contributed by atoms with Gasteiger partial charge in [-0.1, -0.05) is 33.3 Å². The van der Waals surface area contributed by atoms with E-state index in [1.54, 1.807) is 6.20 Å². The maximum atomic E-state index is 6.41. The molecule has 0 aromatic carbocycles. The smallest absolute Gasteiger partial charge is 0.0965 e. The van der Waals surface area contributed by atoms with Crippen LogP contribution in [0.4, 0.5) is 0 Å². The van der Waals surface area contributed by atoms with Crippen molar-refractivity contribution in [2.45, 2.75) is 52.2 Å². The summed E-state index contributed by atoms with van der Waals surface area (Å²) in [5.74, 6) is 2.07. The summed E-state index contributed by atoms with van der Waals surface area (Å²) >= 11 is 0. The van der Waals surface area contributed by atoms with E-state index in [2.05, 4.69) is 31.8 Å². The van der Waals surface area contributed by atoms with Crippen LogP contribution in [0, 0.1) is 17.8 Å². The first-order valence-corrected chi connectivity index (χ1v) is 7.87. The van der Waals surface area contributed by atoms with Gasteiger partial charge in [-0.25, -0.2) is 0 Å². The van der Waals surface area contributed by atoms with Gasteiger partial charge in [0.1, 0.15) is 0 Å². The molecule has 0 saturated heterocycles. The van der Waals surface area contributed by atoms with E-state index in [1.807, 2.05) is 12.3 Å². The first-order valence-electron chi connectivity index (χ1n) is 7.87. The number of hydrogen-bond donors (Lipinski definition) is 1. The molecule has 0 spiro atoms. The molecule has 0 bridgehead atoms. The van der Waals surface area contributed by atoms with Crippen molar-refractivity contribution in [1.82, 2.24) is 4.98 Å². The Balaban J connectivity index is 2.08. The maximum Gasteiger partial charge on any atom is 0.0965 e. The molecule has 1 fully saturated rings. The van der Waals surface area contributed by atoms with Crippen molar-refractivity contribution < 1.29 is 4.74 Å². The van der Waals surface area contributed by atoms with Gasteiger partial charge in [-0.2, -0.15) is 0 Å². The summed E-state index contributed by atoms with van der Waals surface area (Å²) < 4.78 is 6.41. The molecule has 1 aliphatic rings. The van der Waals surface area contributed by atoms with Gasteiger partial charge in [0.15, 0.2) is 0 Å². The first kappa shape index (κ1) is 15.5. The summed E-state index contributed by atoms with van der Waals surface area (Å²) in [5, 5.41) is 0. The molecule has 0 aliphatic heterocycles. The molecule has 20 heavy (non-hydrogen) atoms. The van der Waals surface area contributed by atoms with Crippen molar-refractivity contribution >= 4 is 0 Å². The lowest BCUT2D eigenvalue weighted by atomic mass is 9.75. The van der Waals surface area contributed by atoms with E-state index >= 15 is 0 Å². The minimum Gasteiger partial charge on any atom is -0.369 e. The lowest BCUT2D eigenvalue weighted by Crippen LogP contribution is -2.36. The molecule has 4 unspecified atom stereocenters. The monoisotopic (exact) mass is 276 g/mol. The van der Waals surface area contributed by atoms with E-state index in [0.717, 1.165) is 17.9 Å². The minimum absolute atomic E-state index is 0.0275. The van der Waals surface area contributed by atoms with Crippen LogP contribution in [0.3, 0.4) is 0 Å². The fourth-order valence-electron chi connectivity index (χ4n) is 3.32. The third-order valence-corrected chi connectivity index (χ3v) is 4.57. The Bertz CT molecular complexity index is 393. The van der Waals surface area contributed by atoms with Crippen molar-refractivity contribution in [1.29, 1.82) is 0 Å². The maximum absolute atomic E-state index is 6.41. The Hall–Kier alpha value is -0.930. The quantitative estimate of drug-likeness (QED) is 0.894. The fraction of sp³-hybridized carbons (Fsp3) is 0.706. The molecule has 1 aromatic rings. The molecule has 2 N–H and O–H groups in total. The van der Waals surface area contributed by atoms with Gasteiger partial charge < -0.3 is 10.5 Å². The number of hydrogen-bond acceptors (Lipinski definition) is 3. The van der Waals surface area contributed by atoms with Crippen LogP contribution in [0.2, 0.25) is 0 Å². The molecular formula is C17H28N2O. The normalized spacial score (nSPS) is 28.6. The highest BCUT2D eigenvalue weighted by molar-refractivity contribution is 5.12. The summed E-state index contributed by atoms with van der Waals surface area (Å²) in [4.78, 5) is 4.18. The second-order valence-corrected chi connectivity index (χ2v) is 6.51. The largest absolute Gasteiger partial charge is 0.369 e. The summed E-state index contributed by atoms with van der Waals surface area (Å²) in [5.41, 5.74) is 7.02. The van der Waals surface area contributed by atoms with Crippen LogP contribution in [0.1, 0.15) is 51.7 Å². The lowest BCUT2D eigenvalue weighted by molar-refractivity contribution is -0.0787. The fourth-order valence-corrected chi connectivity index (χ4v) is 3.32. The van der Waals surface area contributed by atoms with E-state index in [9.17, 15) is 0 Å². The second kappa shape index (κ2) is 7.19. The molecule has 1 aromatic heterocycles. The molecule has 2 rings (SSSR count). The second-order valence-electron chi connectivity index (χ2n) is 6.51. The molecular weight excluding hydrogens is 248 g/mol. The Morgan fingerprint density at radius 2 is 2.20 bits per heavy atom. The SMILES string of the molecule is CC1CCC(C(C)C)C(OC(CN)c2cccnc2)C1. The Labute approximate surface area is 122 Å². The van der Waals surface area contributed by atoms with Crippen molar-refractivity contribution in [2.75, 3.05) is 6.54 Å². The number of rotatable bonds is 5. The van der Waals surface area contributed by atoms with E-state index in [4.69, 9.17) is 10.5 Å². The Morgan fingerprint density at radius 1 is 1.40 bits per heavy atom. The molecule has 1 heterocycles. The van der Waals surface area contributed by atoms with E-state index in [-0.39, 0.29) is 6.10 Å². The van der Waals surface area contributed by atoms with Crippen LogP contribution >= 0.6 is 0 Å². The van der Waals surface area contributed by atoms with Gasteiger partial charge >= 0.3 is 0 Å². The van der Waals surface area contributed by atoms with Crippen LogP contribution in [0.15, 0.2) is 24.5 Å². The van der Waals surface area contributed by atoms with E-state index in [0.29, 0.717) is 24.5 Å². The van der Waals surface area contributed by atoms with Gasteiger partial charge in [-0.15, -0.1) is 0 Å². The average Bonchev–Trinajstić information content (AvgIpc) is 2.45. The van der Waals surface area contributed by atoms with Gasteiger partial charge in [-0.05, 0) is 36.7 Å². The zero-order valence-electron chi connectivity index (χ0n) is 13.0. The third kappa shape index (κ3) is 3.80. The Kier molecular flexibility index (Phi) is 5.55. The number of aromatic nitrogens is 1. The number of nitrogens with zero attached hydrogens (tertiary/aromatic N) is 1. The van der Waals surface area contributed by atoms with Crippen LogP contribution in [0.25, 0.3) is 0 Å². The molecule has 3 heteroatoms. The predicted molar refractivity (Wildman–Crippen MR) is 82.2 cm³/mol. The van der Waals surface area contributed by atoms with Crippen LogP contribution in [0.5, 0.6) is 0 Å². The van der Waals surface area contributed by atoms with Crippen molar-refractivity contribution in [3.63, 3.8) is 0 Å². The zero-order chi connectivity index (χ0) is 14.5. The average molecular weight is 276 g/mol. The van der Waals surface area contributed by atoms with Crippen LogP contribution in [-0.2, 0) is 4.74 Å². The van der Waals surface area contributed by atoms with Gasteiger partial charge in [0.2, 0.25) is 0 Å².